The van der Waals surface area contributed by atoms with Gasteiger partial charge in [-0.3, -0.25) is 4.90 Å². The van der Waals surface area contributed by atoms with Crippen molar-refractivity contribution in [3.05, 3.63) is 0 Å². The number of nitrogens with zero attached hydrogens (tertiary/aromatic N) is 1. The smallest absolute Gasteiger partial charge is 0.411 e. The summed E-state index contributed by atoms with van der Waals surface area (Å²) in [6.45, 7) is 5.36. The van der Waals surface area contributed by atoms with Gasteiger partial charge in [0.2, 0.25) is 0 Å². The van der Waals surface area contributed by atoms with Gasteiger partial charge >= 0.3 is 18.2 Å². The standard InChI is InChI=1S/C13H22N2O6/c1-13(2,3)21-12(18)15-7-8(14-11(17)20-5)6-9(15)10(16)19-4/h8-9H,6-7H2,1-5H3,(H,14,17)/t8?,9-/m0/s1. The molecule has 0 spiro atoms. The summed E-state index contributed by atoms with van der Waals surface area (Å²) in [5.41, 5.74) is -0.675. The molecular formula is C13H22N2O6. The number of methoxy groups -OCH3 is 2. The van der Waals surface area contributed by atoms with Crippen LogP contribution in [0.4, 0.5) is 9.59 Å². The van der Waals surface area contributed by atoms with Gasteiger partial charge in [-0.05, 0) is 20.8 Å². The van der Waals surface area contributed by atoms with Crippen molar-refractivity contribution in [2.75, 3.05) is 20.8 Å². The number of alkyl carbamates (subject to hydrolysis) is 1. The van der Waals surface area contributed by atoms with Crippen LogP contribution in [0.5, 0.6) is 0 Å². The van der Waals surface area contributed by atoms with Crippen molar-refractivity contribution in [2.45, 2.75) is 44.9 Å². The lowest BCUT2D eigenvalue weighted by Crippen LogP contribution is -2.44. The van der Waals surface area contributed by atoms with Crippen LogP contribution in [0.3, 0.4) is 0 Å². The van der Waals surface area contributed by atoms with E-state index in [1.807, 2.05) is 0 Å². The minimum absolute atomic E-state index is 0.157. The Hall–Kier alpha value is -1.99. The van der Waals surface area contributed by atoms with Crippen LogP contribution in [-0.4, -0.2) is 61.5 Å². The predicted molar refractivity (Wildman–Crippen MR) is 72.7 cm³/mol. The second-order valence-corrected chi connectivity index (χ2v) is 5.74. The van der Waals surface area contributed by atoms with Gasteiger partial charge in [-0.15, -0.1) is 0 Å². The van der Waals surface area contributed by atoms with E-state index in [4.69, 9.17) is 9.47 Å². The number of carbonyl (C=O) groups is 3. The van der Waals surface area contributed by atoms with E-state index in [0.29, 0.717) is 0 Å². The Labute approximate surface area is 123 Å². The second kappa shape index (κ2) is 6.64. The zero-order valence-corrected chi connectivity index (χ0v) is 13.0. The fourth-order valence-corrected chi connectivity index (χ4v) is 2.05. The first-order valence-electron chi connectivity index (χ1n) is 6.60. The normalized spacial score (nSPS) is 21.7. The van der Waals surface area contributed by atoms with Gasteiger partial charge in [0.1, 0.15) is 11.6 Å². The molecule has 1 fully saturated rings. The average molecular weight is 302 g/mol. The third-order valence-corrected chi connectivity index (χ3v) is 2.91. The molecule has 1 saturated heterocycles. The Balaban J connectivity index is 2.80. The maximum absolute atomic E-state index is 12.1. The van der Waals surface area contributed by atoms with Crippen LogP contribution in [0.1, 0.15) is 27.2 Å². The minimum atomic E-state index is -0.785. The van der Waals surface area contributed by atoms with Gasteiger partial charge in [-0.25, -0.2) is 14.4 Å². The highest BCUT2D eigenvalue weighted by Crippen LogP contribution is 2.22. The Bertz CT molecular complexity index is 417. The molecule has 1 heterocycles. The summed E-state index contributed by atoms with van der Waals surface area (Å²) in [5, 5.41) is 2.57. The molecule has 0 radical (unpaired) electrons. The lowest BCUT2D eigenvalue weighted by Gasteiger charge is -2.27. The predicted octanol–water partition coefficient (Wildman–Crippen LogP) is 0.893. The van der Waals surface area contributed by atoms with E-state index in [1.165, 1.54) is 19.1 Å². The lowest BCUT2D eigenvalue weighted by molar-refractivity contribution is -0.145. The molecule has 1 rings (SSSR count). The van der Waals surface area contributed by atoms with Gasteiger partial charge in [0.15, 0.2) is 0 Å². The number of ether oxygens (including phenoxy) is 3. The molecule has 0 aliphatic carbocycles. The molecule has 1 N–H and O–H groups in total. The third-order valence-electron chi connectivity index (χ3n) is 2.91. The number of hydrogen-bond donors (Lipinski definition) is 1. The highest BCUT2D eigenvalue weighted by molar-refractivity contribution is 5.82. The number of amides is 2. The monoisotopic (exact) mass is 302 g/mol. The van der Waals surface area contributed by atoms with Crippen LogP contribution in [0, 0.1) is 0 Å². The van der Waals surface area contributed by atoms with E-state index >= 15 is 0 Å². The number of esters is 1. The van der Waals surface area contributed by atoms with E-state index in [9.17, 15) is 14.4 Å². The first kappa shape index (κ1) is 17.1. The third kappa shape index (κ3) is 4.80. The summed E-state index contributed by atoms with van der Waals surface area (Å²) in [5.74, 6) is -0.546. The number of hydrogen-bond acceptors (Lipinski definition) is 6. The molecule has 2 amide bonds. The SMILES string of the molecule is COC(=O)NC1C[C@@H](C(=O)OC)N(C(=O)OC(C)(C)C)C1. The number of nitrogens with one attached hydrogen (secondary N) is 1. The van der Waals surface area contributed by atoms with E-state index < -0.39 is 35.8 Å². The molecule has 0 aromatic carbocycles. The van der Waals surface area contributed by atoms with E-state index in [0.717, 1.165) is 0 Å². The van der Waals surface area contributed by atoms with Gasteiger partial charge in [0.25, 0.3) is 0 Å². The highest BCUT2D eigenvalue weighted by Gasteiger charge is 2.42. The van der Waals surface area contributed by atoms with Crippen molar-refractivity contribution < 1.29 is 28.6 Å². The first-order chi connectivity index (χ1) is 9.67. The van der Waals surface area contributed by atoms with Crippen LogP contribution >= 0.6 is 0 Å². The van der Waals surface area contributed by atoms with Gasteiger partial charge in [0, 0.05) is 13.0 Å². The molecule has 120 valence electrons. The molecule has 1 aliphatic heterocycles. The molecule has 8 nitrogen and oxygen atoms in total. The van der Waals surface area contributed by atoms with Crippen molar-refractivity contribution in [1.82, 2.24) is 10.2 Å². The van der Waals surface area contributed by atoms with Gasteiger partial charge < -0.3 is 19.5 Å². The van der Waals surface area contributed by atoms with Crippen molar-refractivity contribution in [2.24, 2.45) is 0 Å². The van der Waals surface area contributed by atoms with Crippen molar-refractivity contribution in [3.63, 3.8) is 0 Å². The molecule has 1 unspecified atom stereocenters. The Morgan fingerprint density at radius 1 is 1.14 bits per heavy atom. The fourth-order valence-electron chi connectivity index (χ4n) is 2.05. The summed E-state index contributed by atoms with van der Waals surface area (Å²) in [7, 11) is 2.49. The molecule has 0 aromatic rings. The number of carbonyl (C=O) groups excluding carboxylic acids is 3. The van der Waals surface area contributed by atoms with Crippen LogP contribution < -0.4 is 5.32 Å². The van der Waals surface area contributed by atoms with Crippen molar-refractivity contribution in [3.8, 4) is 0 Å². The maximum atomic E-state index is 12.1. The number of likely N-dealkylation sites (tertiary alicyclic amines) is 1. The molecular weight excluding hydrogens is 280 g/mol. The summed E-state index contributed by atoms with van der Waals surface area (Å²) in [6, 6.07) is -1.18. The van der Waals surface area contributed by atoms with Gasteiger partial charge in [0.05, 0.1) is 20.3 Å². The van der Waals surface area contributed by atoms with Crippen LogP contribution in [-0.2, 0) is 19.0 Å². The molecule has 0 saturated carbocycles. The Morgan fingerprint density at radius 3 is 2.24 bits per heavy atom. The summed E-state index contributed by atoms with van der Waals surface area (Å²) < 4.78 is 14.5. The molecule has 21 heavy (non-hydrogen) atoms. The topological polar surface area (TPSA) is 94.2 Å². The zero-order chi connectivity index (χ0) is 16.2. The molecule has 0 bridgehead atoms. The van der Waals surface area contributed by atoms with Crippen molar-refractivity contribution >= 4 is 18.2 Å². The molecule has 0 aromatic heterocycles. The maximum Gasteiger partial charge on any atom is 0.411 e. The molecule has 2 atom stereocenters. The van der Waals surface area contributed by atoms with E-state index in [1.54, 1.807) is 20.8 Å². The first-order valence-corrected chi connectivity index (χ1v) is 6.60. The quantitative estimate of drug-likeness (QED) is 0.601. The minimum Gasteiger partial charge on any atom is -0.467 e. The van der Waals surface area contributed by atoms with Crippen LogP contribution in [0.2, 0.25) is 0 Å². The largest absolute Gasteiger partial charge is 0.467 e. The zero-order valence-electron chi connectivity index (χ0n) is 13.0. The van der Waals surface area contributed by atoms with Crippen LogP contribution in [0.25, 0.3) is 0 Å². The summed E-state index contributed by atoms with van der Waals surface area (Å²) >= 11 is 0. The number of rotatable bonds is 2. The lowest BCUT2D eigenvalue weighted by atomic mass is 10.2. The molecule has 1 aliphatic rings. The van der Waals surface area contributed by atoms with E-state index in [-0.39, 0.29) is 13.0 Å². The molecule has 8 heteroatoms. The Kier molecular flexibility index (Phi) is 5.40. The Morgan fingerprint density at radius 2 is 1.76 bits per heavy atom. The second-order valence-electron chi connectivity index (χ2n) is 5.74. The fraction of sp³-hybridized carbons (Fsp3) is 0.769. The average Bonchev–Trinajstić information content (AvgIpc) is 2.79. The van der Waals surface area contributed by atoms with Crippen molar-refractivity contribution in [1.29, 1.82) is 0 Å². The van der Waals surface area contributed by atoms with Gasteiger partial charge in [-0.2, -0.15) is 0 Å². The van der Waals surface area contributed by atoms with E-state index in [2.05, 4.69) is 10.1 Å². The summed E-state index contributed by atoms with van der Waals surface area (Å²) in [6.07, 6.45) is -0.984. The van der Waals surface area contributed by atoms with Crippen LogP contribution in [0.15, 0.2) is 0 Å². The highest BCUT2D eigenvalue weighted by atomic mass is 16.6. The summed E-state index contributed by atoms with van der Waals surface area (Å²) in [4.78, 5) is 36.4. The van der Waals surface area contributed by atoms with Gasteiger partial charge in [-0.1, -0.05) is 0 Å².